The van der Waals surface area contributed by atoms with Crippen LogP contribution in [-0.4, -0.2) is 15.3 Å². The van der Waals surface area contributed by atoms with Crippen molar-refractivity contribution in [1.82, 2.24) is 10.2 Å². The van der Waals surface area contributed by atoms with E-state index in [1.54, 1.807) is 12.1 Å². The Balaban J connectivity index is 2.01. The van der Waals surface area contributed by atoms with Crippen LogP contribution in [0.3, 0.4) is 0 Å². The molecule has 0 spiro atoms. The highest BCUT2D eigenvalue weighted by molar-refractivity contribution is 5.36. The van der Waals surface area contributed by atoms with Gasteiger partial charge in [0, 0.05) is 12.5 Å². The van der Waals surface area contributed by atoms with Crippen molar-refractivity contribution in [1.29, 1.82) is 0 Å². The maximum Gasteiger partial charge on any atom is 0.253 e. The Kier molecular flexibility index (Phi) is 3.27. The van der Waals surface area contributed by atoms with Crippen molar-refractivity contribution in [3.8, 4) is 11.5 Å². The third kappa shape index (κ3) is 2.96. The number of aromatic nitrogens is 2. The van der Waals surface area contributed by atoms with E-state index in [2.05, 4.69) is 10.2 Å². The minimum absolute atomic E-state index is 0.180. The number of benzene rings is 1. The first-order valence-corrected chi connectivity index (χ1v) is 5.42. The van der Waals surface area contributed by atoms with Crippen LogP contribution >= 0.6 is 0 Å². The minimum Gasteiger partial charge on any atom is -0.508 e. The van der Waals surface area contributed by atoms with Crippen LogP contribution in [0.5, 0.6) is 11.5 Å². The zero-order valence-corrected chi connectivity index (χ0v) is 9.80. The van der Waals surface area contributed by atoms with Gasteiger partial charge in [-0.2, -0.15) is 0 Å². The van der Waals surface area contributed by atoms with Crippen molar-refractivity contribution in [2.24, 2.45) is 0 Å². The van der Waals surface area contributed by atoms with Gasteiger partial charge in [-0.05, 0) is 24.6 Å². The summed E-state index contributed by atoms with van der Waals surface area (Å²) in [7, 11) is 0. The zero-order chi connectivity index (χ0) is 12.3. The molecule has 5 heteroatoms. The predicted molar refractivity (Wildman–Crippen MR) is 60.9 cm³/mol. The molecule has 0 aliphatic carbocycles. The van der Waals surface area contributed by atoms with Gasteiger partial charge in [-0.3, -0.25) is 0 Å². The highest BCUT2D eigenvalue weighted by Crippen LogP contribution is 2.21. The second-order valence-electron chi connectivity index (χ2n) is 3.74. The van der Waals surface area contributed by atoms with E-state index in [0.29, 0.717) is 24.0 Å². The molecule has 5 nitrogen and oxygen atoms in total. The van der Waals surface area contributed by atoms with Crippen molar-refractivity contribution in [2.45, 2.75) is 26.9 Å². The Morgan fingerprint density at radius 3 is 2.65 bits per heavy atom. The van der Waals surface area contributed by atoms with Crippen LogP contribution in [0.1, 0.15) is 24.3 Å². The van der Waals surface area contributed by atoms with Gasteiger partial charge >= 0.3 is 0 Å². The summed E-state index contributed by atoms with van der Waals surface area (Å²) in [6.45, 7) is 4.03. The Labute approximate surface area is 99.1 Å². The molecule has 0 aliphatic rings. The average molecular weight is 234 g/mol. The lowest BCUT2D eigenvalue weighted by atomic mass is 10.2. The molecule has 2 aromatic rings. The third-order valence-electron chi connectivity index (χ3n) is 2.21. The first-order chi connectivity index (χ1) is 8.17. The number of phenols is 1. The molecule has 0 bridgehead atoms. The summed E-state index contributed by atoms with van der Waals surface area (Å²) in [5, 5.41) is 17.1. The Hall–Kier alpha value is -2.04. The molecule has 0 amide bonds. The molecule has 0 unspecified atom stereocenters. The number of phenolic OH excluding ortho intramolecular Hbond substituents is 1. The minimum atomic E-state index is 0.180. The van der Waals surface area contributed by atoms with Gasteiger partial charge in [0.2, 0.25) is 5.89 Å². The molecule has 0 saturated heterocycles. The van der Waals surface area contributed by atoms with Gasteiger partial charge in [0.05, 0.1) is 0 Å². The average Bonchev–Trinajstić information content (AvgIpc) is 2.73. The van der Waals surface area contributed by atoms with E-state index in [1.165, 1.54) is 0 Å². The monoisotopic (exact) mass is 234 g/mol. The lowest BCUT2D eigenvalue weighted by molar-refractivity contribution is 0.258. The van der Waals surface area contributed by atoms with Gasteiger partial charge in [-0.15, -0.1) is 10.2 Å². The highest BCUT2D eigenvalue weighted by Gasteiger charge is 2.05. The van der Waals surface area contributed by atoms with Gasteiger partial charge in [0.15, 0.2) is 6.61 Å². The number of rotatable bonds is 4. The van der Waals surface area contributed by atoms with Crippen LogP contribution in [0.25, 0.3) is 0 Å². The molecule has 90 valence electrons. The van der Waals surface area contributed by atoms with E-state index < -0.39 is 0 Å². The van der Waals surface area contributed by atoms with Crippen LogP contribution in [0.15, 0.2) is 22.6 Å². The summed E-state index contributed by atoms with van der Waals surface area (Å²) in [5.41, 5.74) is 0.930. The van der Waals surface area contributed by atoms with E-state index in [4.69, 9.17) is 9.15 Å². The molecule has 0 aliphatic heterocycles. The molecule has 0 fully saturated rings. The molecule has 1 aromatic heterocycles. The molecule has 0 atom stereocenters. The van der Waals surface area contributed by atoms with E-state index in [9.17, 15) is 5.11 Å². The summed E-state index contributed by atoms with van der Waals surface area (Å²) >= 11 is 0. The smallest absolute Gasteiger partial charge is 0.253 e. The van der Waals surface area contributed by atoms with Gasteiger partial charge in [0.1, 0.15) is 11.5 Å². The lowest BCUT2D eigenvalue weighted by Gasteiger charge is -2.04. The molecular formula is C12H14N2O3. The quantitative estimate of drug-likeness (QED) is 0.878. The van der Waals surface area contributed by atoms with Crippen molar-refractivity contribution in [2.75, 3.05) is 0 Å². The van der Waals surface area contributed by atoms with E-state index in [-0.39, 0.29) is 12.4 Å². The van der Waals surface area contributed by atoms with Crippen LogP contribution < -0.4 is 4.74 Å². The largest absolute Gasteiger partial charge is 0.508 e. The predicted octanol–water partition coefficient (Wildman–Crippen LogP) is 2.23. The van der Waals surface area contributed by atoms with E-state index in [1.807, 2.05) is 19.9 Å². The summed E-state index contributed by atoms with van der Waals surface area (Å²) in [6, 6.07) is 5.04. The Morgan fingerprint density at radius 2 is 2.00 bits per heavy atom. The molecule has 1 N–H and O–H groups in total. The summed E-state index contributed by atoms with van der Waals surface area (Å²) in [5.74, 6) is 1.79. The maximum atomic E-state index is 9.40. The van der Waals surface area contributed by atoms with Crippen molar-refractivity contribution in [3.63, 3.8) is 0 Å². The fourth-order valence-electron chi connectivity index (χ4n) is 1.45. The van der Waals surface area contributed by atoms with Crippen molar-refractivity contribution < 1.29 is 14.3 Å². The molecule has 1 aromatic carbocycles. The summed E-state index contributed by atoms with van der Waals surface area (Å²) in [6.07, 6.45) is 0.707. The van der Waals surface area contributed by atoms with Crippen LogP contribution in [-0.2, 0) is 13.0 Å². The fourth-order valence-corrected chi connectivity index (χ4v) is 1.45. The van der Waals surface area contributed by atoms with Crippen LogP contribution in [0, 0.1) is 6.92 Å². The fraction of sp³-hybridized carbons (Fsp3) is 0.333. The second kappa shape index (κ2) is 4.86. The number of aromatic hydroxyl groups is 1. The van der Waals surface area contributed by atoms with Gasteiger partial charge in [-0.1, -0.05) is 6.92 Å². The van der Waals surface area contributed by atoms with Crippen LogP contribution in [0.4, 0.5) is 0 Å². The van der Waals surface area contributed by atoms with Crippen molar-refractivity contribution in [3.05, 3.63) is 35.5 Å². The first-order valence-electron chi connectivity index (χ1n) is 5.42. The number of ether oxygens (including phenoxy) is 1. The zero-order valence-electron chi connectivity index (χ0n) is 9.80. The molecular weight excluding hydrogens is 220 g/mol. The highest BCUT2D eigenvalue weighted by atomic mass is 16.5. The van der Waals surface area contributed by atoms with E-state index in [0.717, 1.165) is 5.56 Å². The van der Waals surface area contributed by atoms with Gasteiger partial charge < -0.3 is 14.3 Å². The van der Waals surface area contributed by atoms with Crippen molar-refractivity contribution >= 4 is 0 Å². The number of hydrogen-bond donors (Lipinski definition) is 1. The number of aryl methyl sites for hydroxylation is 2. The normalized spacial score (nSPS) is 10.5. The Morgan fingerprint density at radius 1 is 1.24 bits per heavy atom. The summed E-state index contributed by atoms with van der Waals surface area (Å²) in [4.78, 5) is 0. The number of hydrogen-bond acceptors (Lipinski definition) is 5. The molecule has 2 rings (SSSR count). The van der Waals surface area contributed by atoms with Gasteiger partial charge in [0.25, 0.3) is 5.89 Å². The van der Waals surface area contributed by atoms with Crippen LogP contribution in [0.2, 0.25) is 0 Å². The molecule has 17 heavy (non-hydrogen) atoms. The molecule has 0 saturated carbocycles. The van der Waals surface area contributed by atoms with E-state index >= 15 is 0 Å². The second-order valence-corrected chi connectivity index (χ2v) is 3.74. The van der Waals surface area contributed by atoms with Gasteiger partial charge in [-0.25, -0.2) is 0 Å². The third-order valence-corrected chi connectivity index (χ3v) is 2.21. The standard InChI is InChI=1S/C12H14N2O3/c1-3-11-13-14-12(17-11)7-16-10-5-8(2)4-9(15)6-10/h4-6,15H,3,7H2,1-2H3. The molecule has 1 heterocycles. The first kappa shape index (κ1) is 11.4. The maximum absolute atomic E-state index is 9.40. The summed E-state index contributed by atoms with van der Waals surface area (Å²) < 4.78 is 10.8. The number of nitrogens with zero attached hydrogens (tertiary/aromatic N) is 2. The molecule has 0 radical (unpaired) electrons. The Bertz CT molecular complexity index is 488. The lowest BCUT2D eigenvalue weighted by Crippen LogP contribution is -1.95. The SMILES string of the molecule is CCc1nnc(COc2cc(C)cc(O)c2)o1. The topological polar surface area (TPSA) is 68.4 Å².